The average Bonchev–Trinajstić information content (AvgIpc) is 3.30. The van der Waals surface area contributed by atoms with Crippen molar-refractivity contribution in [2.75, 3.05) is 10.6 Å². The largest absolute Gasteiger partial charge is 0.446 e. The fourth-order valence-corrected chi connectivity index (χ4v) is 4.71. The molecule has 0 atom stereocenters. The van der Waals surface area contributed by atoms with Crippen LogP contribution in [0.15, 0.2) is 59.1 Å². The number of anilines is 3. The van der Waals surface area contributed by atoms with Gasteiger partial charge in [0.2, 0.25) is 0 Å². The molecule has 1 aliphatic rings. The number of carbonyl (C=O) groups excluding carboxylic acids is 2. The van der Waals surface area contributed by atoms with Gasteiger partial charge in [0.25, 0.3) is 0 Å². The van der Waals surface area contributed by atoms with Crippen molar-refractivity contribution in [2.24, 2.45) is 0 Å². The number of benzene rings is 3. The van der Waals surface area contributed by atoms with E-state index < -0.39 is 6.09 Å². The highest BCUT2D eigenvalue weighted by molar-refractivity contribution is 9.10. The molecule has 0 radical (unpaired) electrons. The average molecular weight is 542 g/mol. The fourth-order valence-electron chi connectivity index (χ4n) is 4.08. The van der Waals surface area contributed by atoms with E-state index >= 15 is 0 Å². The molecular weight excluding hydrogens is 516 g/mol. The maximum atomic E-state index is 13.1. The van der Waals surface area contributed by atoms with E-state index in [0.717, 1.165) is 41.3 Å². The molecule has 1 saturated carbocycles. The third kappa shape index (κ3) is 5.80. The van der Waals surface area contributed by atoms with Crippen molar-refractivity contribution >= 4 is 56.5 Å². The van der Waals surface area contributed by atoms with E-state index in [1.165, 1.54) is 0 Å². The van der Waals surface area contributed by atoms with Crippen molar-refractivity contribution in [3.8, 4) is 0 Å². The Bertz CT molecular complexity index is 1240. The molecule has 1 amide bonds. The monoisotopic (exact) mass is 540 g/mol. The molecule has 176 valence electrons. The van der Waals surface area contributed by atoms with Gasteiger partial charge in [-0.2, -0.15) is 0 Å². The Hall–Kier alpha value is -2.83. The van der Waals surface area contributed by atoms with Crippen molar-refractivity contribution in [2.45, 2.75) is 45.6 Å². The lowest BCUT2D eigenvalue weighted by molar-refractivity contribution is 0.103. The summed E-state index contributed by atoms with van der Waals surface area (Å²) in [7, 11) is 0. The highest BCUT2D eigenvalue weighted by atomic mass is 79.9. The molecule has 0 saturated heterocycles. The second-order valence-electron chi connectivity index (χ2n) is 8.59. The Labute approximate surface area is 213 Å². The van der Waals surface area contributed by atoms with E-state index in [0.29, 0.717) is 33.2 Å². The van der Waals surface area contributed by atoms with Gasteiger partial charge in [-0.05, 0) is 87.6 Å². The summed E-state index contributed by atoms with van der Waals surface area (Å²) in [5.74, 6) is -0.113. The zero-order chi connectivity index (χ0) is 24.2. The first-order valence-electron chi connectivity index (χ1n) is 11.3. The number of halogens is 2. The summed E-state index contributed by atoms with van der Waals surface area (Å²) >= 11 is 9.97. The molecule has 3 aromatic rings. The summed E-state index contributed by atoms with van der Waals surface area (Å²) in [6.45, 7) is 3.87. The SMILES string of the molecule is Cc1ccc(C)c(C(=O)c2ccc(Nc3ccc(Br)cc3NC(=O)OC3CCCC3)cc2Cl)c1. The van der Waals surface area contributed by atoms with E-state index in [1.54, 1.807) is 24.3 Å². The number of amides is 1. The summed E-state index contributed by atoms with van der Waals surface area (Å²) in [5, 5.41) is 6.46. The molecule has 34 heavy (non-hydrogen) atoms. The second kappa shape index (κ2) is 10.6. The lowest BCUT2D eigenvalue weighted by atomic mass is 9.97. The van der Waals surface area contributed by atoms with E-state index in [9.17, 15) is 9.59 Å². The number of nitrogens with one attached hydrogen (secondary N) is 2. The van der Waals surface area contributed by atoms with Gasteiger partial charge in [-0.25, -0.2) is 4.79 Å². The van der Waals surface area contributed by atoms with E-state index in [1.807, 2.05) is 44.2 Å². The van der Waals surface area contributed by atoms with Crippen LogP contribution in [-0.2, 0) is 4.74 Å². The number of aryl methyl sites for hydroxylation is 2. The first-order chi connectivity index (χ1) is 16.3. The van der Waals surface area contributed by atoms with Crippen LogP contribution < -0.4 is 10.6 Å². The van der Waals surface area contributed by atoms with Gasteiger partial charge in [-0.3, -0.25) is 10.1 Å². The molecule has 0 unspecified atom stereocenters. The Morgan fingerprint density at radius 1 is 0.941 bits per heavy atom. The smallest absolute Gasteiger partial charge is 0.411 e. The molecule has 0 heterocycles. The van der Waals surface area contributed by atoms with E-state index in [2.05, 4.69) is 26.6 Å². The molecule has 4 rings (SSSR count). The number of ketones is 1. The Morgan fingerprint density at radius 3 is 2.44 bits per heavy atom. The van der Waals surface area contributed by atoms with Gasteiger partial charge in [0.1, 0.15) is 6.10 Å². The van der Waals surface area contributed by atoms with E-state index in [-0.39, 0.29) is 11.9 Å². The van der Waals surface area contributed by atoms with Crippen LogP contribution in [0.25, 0.3) is 0 Å². The van der Waals surface area contributed by atoms with Crippen LogP contribution in [0.3, 0.4) is 0 Å². The maximum Gasteiger partial charge on any atom is 0.411 e. The Kier molecular flexibility index (Phi) is 7.59. The van der Waals surface area contributed by atoms with Crippen molar-refractivity contribution in [1.29, 1.82) is 0 Å². The Balaban J connectivity index is 1.52. The normalized spacial score (nSPS) is 13.5. The van der Waals surface area contributed by atoms with Gasteiger partial charge in [-0.1, -0.05) is 45.2 Å². The summed E-state index contributed by atoms with van der Waals surface area (Å²) in [6, 6.07) is 16.5. The fraction of sp³-hybridized carbons (Fsp3) is 0.259. The van der Waals surface area contributed by atoms with Crippen molar-refractivity contribution in [3.05, 3.63) is 86.3 Å². The zero-order valence-corrected chi connectivity index (χ0v) is 21.4. The summed E-state index contributed by atoms with van der Waals surface area (Å²) in [5.41, 5.74) is 4.95. The molecule has 0 aliphatic heterocycles. The lowest BCUT2D eigenvalue weighted by Crippen LogP contribution is -2.20. The highest BCUT2D eigenvalue weighted by Crippen LogP contribution is 2.32. The first-order valence-corrected chi connectivity index (χ1v) is 12.4. The quantitative estimate of drug-likeness (QED) is 0.309. The van der Waals surface area contributed by atoms with Crippen molar-refractivity contribution in [1.82, 2.24) is 0 Å². The van der Waals surface area contributed by atoms with Crippen LogP contribution in [-0.4, -0.2) is 18.0 Å². The van der Waals surface area contributed by atoms with Gasteiger partial charge in [0.15, 0.2) is 5.78 Å². The van der Waals surface area contributed by atoms with Crippen LogP contribution in [0.1, 0.15) is 52.7 Å². The van der Waals surface area contributed by atoms with Gasteiger partial charge in [-0.15, -0.1) is 0 Å². The van der Waals surface area contributed by atoms with Crippen LogP contribution >= 0.6 is 27.5 Å². The minimum Gasteiger partial charge on any atom is -0.446 e. The minimum absolute atomic E-state index is 0.0236. The molecule has 1 aliphatic carbocycles. The molecule has 0 aromatic heterocycles. The third-order valence-electron chi connectivity index (χ3n) is 5.92. The molecule has 0 spiro atoms. The van der Waals surface area contributed by atoms with Gasteiger partial charge < -0.3 is 10.1 Å². The zero-order valence-electron chi connectivity index (χ0n) is 19.1. The number of hydrogen-bond acceptors (Lipinski definition) is 4. The van der Waals surface area contributed by atoms with Crippen LogP contribution in [0.5, 0.6) is 0 Å². The third-order valence-corrected chi connectivity index (χ3v) is 6.73. The van der Waals surface area contributed by atoms with Crippen LogP contribution in [0.2, 0.25) is 5.02 Å². The summed E-state index contributed by atoms with van der Waals surface area (Å²) in [4.78, 5) is 25.5. The number of hydrogen-bond donors (Lipinski definition) is 2. The molecule has 0 bridgehead atoms. The molecule has 7 heteroatoms. The topological polar surface area (TPSA) is 67.4 Å². The van der Waals surface area contributed by atoms with Crippen molar-refractivity contribution in [3.63, 3.8) is 0 Å². The number of carbonyl (C=O) groups is 2. The molecule has 3 aromatic carbocycles. The molecule has 5 nitrogen and oxygen atoms in total. The van der Waals surface area contributed by atoms with Gasteiger partial charge in [0.05, 0.1) is 16.4 Å². The highest BCUT2D eigenvalue weighted by Gasteiger charge is 2.20. The van der Waals surface area contributed by atoms with Gasteiger partial charge >= 0.3 is 6.09 Å². The lowest BCUT2D eigenvalue weighted by Gasteiger charge is -2.16. The summed E-state index contributed by atoms with van der Waals surface area (Å²) < 4.78 is 6.35. The standard InChI is InChI=1S/C27H26BrClN2O3/c1-16-7-8-17(2)22(13-16)26(32)21-11-10-19(15-23(21)29)30-24-12-9-18(28)14-25(24)31-27(33)34-20-5-3-4-6-20/h7-15,20,30H,3-6H2,1-2H3,(H,31,33). The second-order valence-corrected chi connectivity index (χ2v) is 9.92. The Morgan fingerprint density at radius 2 is 1.71 bits per heavy atom. The number of ether oxygens (including phenoxy) is 1. The van der Waals surface area contributed by atoms with E-state index in [4.69, 9.17) is 16.3 Å². The maximum absolute atomic E-state index is 13.1. The molecule has 1 fully saturated rings. The molecular formula is C27H26BrClN2O3. The predicted octanol–water partition coefficient (Wildman–Crippen LogP) is 8.19. The van der Waals surface area contributed by atoms with Gasteiger partial charge in [0, 0.05) is 21.3 Å². The van der Waals surface area contributed by atoms with Crippen molar-refractivity contribution < 1.29 is 14.3 Å². The predicted molar refractivity (Wildman–Crippen MR) is 141 cm³/mol. The first kappa shape index (κ1) is 24.3. The minimum atomic E-state index is -0.472. The van der Waals surface area contributed by atoms with Crippen LogP contribution in [0.4, 0.5) is 21.9 Å². The molecule has 2 N–H and O–H groups in total. The summed E-state index contributed by atoms with van der Waals surface area (Å²) in [6.07, 6.45) is 3.49. The van der Waals surface area contributed by atoms with Crippen LogP contribution in [0, 0.1) is 13.8 Å². The number of rotatable bonds is 6.